The summed E-state index contributed by atoms with van der Waals surface area (Å²) < 4.78 is 11.3. The molecule has 0 atom stereocenters. The van der Waals surface area contributed by atoms with Crippen molar-refractivity contribution < 1.29 is 14.3 Å². The molecular weight excluding hydrogens is 380 g/mol. The van der Waals surface area contributed by atoms with E-state index in [1.807, 2.05) is 32.9 Å². The molecule has 2 rings (SSSR count). The Labute approximate surface area is 181 Å². The van der Waals surface area contributed by atoms with Crippen molar-refractivity contribution >= 4 is 11.9 Å². The van der Waals surface area contributed by atoms with Crippen molar-refractivity contribution in [2.45, 2.75) is 65.3 Å². The Morgan fingerprint density at radius 1 is 1.07 bits per heavy atom. The van der Waals surface area contributed by atoms with Crippen molar-refractivity contribution in [2.24, 2.45) is 4.99 Å². The lowest BCUT2D eigenvalue weighted by Gasteiger charge is -2.14. The van der Waals surface area contributed by atoms with Crippen LogP contribution < -0.4 is 25.4 Å². The third-order valence-electron chi connectivity index (χ3n) is 4.99. The normalized spacial score (nSPS) is 14.4. The SMILES string of the molecule is CCNC(=NCCC(=O)NC1CCCC1)NCCc1ccc(OCC)c(OCC)c1. The standard InChI is InChI=1S/C23H38N4O3/c1-4-24-23(26-16-14-22(28)27-19-9-7-8-10-19)25-15-13-18-11-12-20(29-5-2)21(17-18)30-6-3/h11-12,17,19H,4-10,13-16H2,1-3H3,(H,27,28)(H2,24,25,26). The maximum Gasteiger partial charge on any atom is 0.222 e. The molecule has 1 aliphatic rings. The van der Waals surface area contributed by atoms with Gasteiger partial charge >= 0.3 is 0 Å². The molecule has 0 heterocycles. The number of benzene rings is 1. The molecule has 0 saturated heterocycles. The number of nitrogens with one attached hydrogen (secondary N) is 3. The highest BCUT2D eigenvalue weighted by Crippen LogP contribution is 2.28. The molecule has 1 aromatic carbocycles. The van der Waals surface area contributed by atoms with Gasteiger partial charge in [0.05, 0.1) is 19.8 Å². The van der Waals surface area contributed by atoms with Crippen molar-refractivity contribution in [3.05, 3.63) is 23.8 Å². The molecule has 1 aromatic rings. The molecule has 168 valence electrons. The van der Waals surface area contributed by atoms with Gasteiger partial charge in [-0.2, -0.15) is 0 Å². The van der Waals surface area contributed by atoms with Crippen LogP contribution in [0.5, 0.6) is 11.5 Å². The minimum Gasteiger partial charge on any atom is -0.490 e. The summed E-state index contributed by atoms with van der Waals surface area (Å²) in [6.07, 6.45) is 5.91. The first-order chi connectivity index (χ1) is 14.7. The fourth-order valence-electron chi connectivity index (χ4n) is 3.56. The van der Waals surface area contributed by atoms with E-state index in [2.05, 4.69) is 27.0 Å². The van der Waals surface area contributed by atoms with E-state index in [4.69, 9.17) is 9.47 Å². The summed E-state index contributed by atoms with van der Waals surface area (Å²) in [7, 11) is 0. The van der Waals surface area contributed by atoms with Gasteiger partial charge < -0.3 is 25.4 Å². The molecule has 3 N–H and O–H groups in total. The summed E-state index contributed by atoms with van der Waals surface area (Å²) in [5.41, 5.74) is 1.17. The van der Waals surface area contributed by atoms with Gasteiger partial charge in [0.15, 0.2) is 17.5 Å². The van der Waals surface area contributed by atoms with E-state index in [1.165, 1.54) is 18.4 Å². The third-order valence-corrected chi connectivity index (χ3v) is 4.99. The van der Waals surface area contributed by atoms with E-state index in [-0.39, 0.29) is 5.91 Å². The Hall–Kier alpha value is -2.44. The second-order valence-corrected chi connectivity index (χ2v) is 7.38. The maximum atomic E-state index is 12.1. The molecule has 30 heavy (non-hydrogen) atoms. The summed E-state index contributed by atoms with van der Waals surface area (Å²) >= 11 is 0. The molecule has 7 heteroatoms. The van der Waals surface area contributed by atoms with Crippen LogP contribution in [0.4, 0.5) is 0 Å². The number of carbonyl (C=O) groups excluding carboxylic acids is 1. The number of carbonyl (C=O) groups is 1. The summed E-state index contributed by atoms with van der Waals surface area (Å²) in [4.78, 5) is 16.6. The van der Waals surface area contributed by atoms with Gasteiger partial charge in [-0.25, -0.2) is 0 Å². The maximum absolute atomic E-state index is 12.1. The molecule has 0 bridgehead atoms. The fourth-order valence-corrected chi connectivity index (χ4v) is 3.56. The zero-order valence-electron chi connectivity index (χ0n) is 18.8. The van der Waals surface area contributed by atoms with Crippen LogP contribution in [0.25, 0.3) is 0 Å². The van der Waals surface area contributed by atoms with Gasteiger partial charge in [0.25, 0.3) is 0 Å². The van der Waals surface area contributed by atoms with E-state index in [9.17, 15) is 4.79 Å². The number of hydrogen-bond acceptors (Lipinski definition) is 4. The number of nitrogens with zero attached hydrogens (tertiary/aromatic N) is 1. The van der Waals surface area contributed by atoms with Crippen molar-refractivity contribution in [2.75, 3.05) is 32.8 Å². The number of ether oxygens (including phenoxy) is 2. The van der Waals surface area contributed by atoms with Crippen molar-refractivity contribution in [1.82, 2.24) is 16.0 Å². The smallest absolute Gasteiger partial charge is 0.222 e. The molecule has 0 unspecified atom stereocenters. The zero-order chi connectivity index (χ0) is 21.6. The Balaban J connectivity index is 1.79. The number of amides is 1. The van der Waals surface area contributed by atoms with Gasteiger partial charge in [-0.15, -0.1) is 0 Å². The van der Waals surface area contributed by atoms with Crippen LogP contribution >= 0.6 is 0 Å². The predicted molar refractivity (Wildman–Crippen MR) is 121 cm³/mol. The van der Waals surface area contributed by atoms with Crippen LogP contribution in [0, 0.1) is 0 Å². The van der Waals surface area contributed by atoms with Crippen LogP contribution in [0.15, 0.2) is 23.2 Å². The van der Waals surface area contributed by atoms with Gasteiger partial charge in [-0.3, -0.25) is 9.79 Å². The van der Waals surface area contributed by atoms with Crippen molar-refractivity contribution in [1.29, 1.82) is 0 Å². The molecule has 7 nitrogen and oxygen atoms in total. The third kappa shape index (κ3) is 8.51. The fraction of sp³-hybridized carbons (Fsp3) is 0.652. The average molecular weight is 419 g/mol. The second kappa shape index (κ2) is 13.7. The average Bonchev–Trinajstić information content (AvgIpc) is 3.23. The largest absolute Gasteiger partial charge is 0.490 e. The van der Waals surface area contributed by atoms with E-state index in [0.29, 0.717) is 32.2 Å². The first kappa shape index (κ1) is 23.8. The number of guanidine groups is 1. The van der Waals surface area contributed by atoms with E-state index in [0.717, 1.165) is 49.8 Å². The minimum atomic E-state index is 0.0966. The highest BCUT2D eigenvalue weighted by atomic mass is 16.5. The molecule has 1 fully saturated rings. The molecule has 1 aliphatic carbocycles. The van der Waals surface area contributed by atoms with E-state index in [1.54, 1.807) is 0 Å². The number of aliphatic imine (C=N–C) groups is 1. The Morgan fingerprint density at radius 3 is 2.50 bits per heavy atom. The predicted octanol–water partition coefficient (Wildman–Crippen LogP) is 3.03. The number of hydrogen-bond donors (Lipinski definition) is 3. The molecule has 0 aliphatic heterocycles. The van der Waals surface area contributed by atoms with Crippen LogP contribution in [0.3, 0.4) is 0 Å². The highest BCUT2D eigenvalue weighted by Gasteiger charge is 2.16. The quantitative estimate of drug-likeness (QED) is 0.359. The van der Waals surface area contributed by atoms with Crippen LogP contribution in [-0.4, -0.2) is 50.8 Å². The topological polar surface area (TPSA) is 84.0 Å². The number of rotatable bonds is 12. The summed E-state index contributed by atoms with van der Waals surface area (Å²) in [5, 5.41) is 9.69. The summed E-state index contributed by atoms with van der Waals surface area (Å²) in [6, 6.07) is 6.43. The monoisotopic (exact) mass is 418 g/mol. The summed E-state index contributed by atoms with van der Waals surface area (Å²) in [5.74, 6) is 2.40. The molecule has 0 radical (unpaired) electrons. The van der Waals surface area contributed by atoms with E-state index >= 15 is 0 Å². The van der Waals surface area contributed by atoms with Gasteiger partial charge in [-0.05, 0) is 57.7 Å². The Bertz CT molecular complexity index is 672. The zero-order valence-corrected chi connectivity index (χ0v) is 18.8. The van der Waals surface area contributed by atoms with Crippen LogP contribution in [0.2, 0.25) is 0 Å². The first-order valence-corrected chi connectivity index (χ1v) is 11.4. The Morgan fingerprint density at radius 2 is 1.80 bits per heavy atom. The van der Waals surface area contributed by atoms with Gasteiger partial charge in [0.1, 0.15) is 0 Å². The molecule has 0 aromatic heterocycles. The van der Waals surface area contributed by atoms with Gasteiger partial charge in [0.2, 0.25) is 5.91 Å². The van der Waals surface area contributed by atoms with Crippen molar-refractivity contribution in [3.63, 3.8) is 0 Å². The van der Waals surface area contributed by atoms with E-state index < -0.39 is 0 Å². The molecular formula is C23H38N4O3. The minimum absolute atomic E-state index is 0.0966. The molecule has 1 saturated carbocycles. The lowest BCUT2D eigenvalue weighted by molar-refractivity contribution is -0.121. The molecule has 0 spiro atoms. The lowest BCUT2D eigenvalue weighted by Crippen LogP contribution is -2.38. The highest BCUT2D eigenvalue weighted by molar-refractivity contribution is 5.80. The van der Waals surface area contributed by atoms with Crippen LogP contribution in [-0.2, 0) is 11.2 Å². The van der Waals surface area contributed by atoms with Crippen molar-refractivity contribution in [3.8, 4) is 11.5 Å². The first-order valence-electron chi connectivity index (χ1n) is 11.4. The Kier molecular flexibility index (Phi) is 10.9. The summed E-state index contributed by atoms with van der Waals surface area (Å²) in [6.45, 7) is 9.17. The second-order valence-electron chi connectivity index (χ2n) is 7.38. The van der Waals surface area contributed by atoms with Gasteiger partial charge in [0, 0.05) is 25.6 Å². The molecule has 1 amide bonds. The lowest BCUT2D eigenvalue weighted by atomic mass is 10.1. The van der Waals surface area contributed by atoms with Gasteiger partial charge in [-0.1, -0.05) is 18.9 Å². The van der Waals surface area contributed by atoms with Crippen LogP contribution in [0.1, 0.15) is 58.4 Å².